The van der Waals surface area contributed by atoms with Crippen LogP contribution in [0.25, 0.3) is 22.8 Å². The van der Waals surface area contributed by atoms with Gasteiger partial charge in [-0.15, -0.1) is 0 Å². The van der Waals surface area contributed by atoms with Gasteiger partial charge < -0.3 is 9.42 Å². The SMILES string of the molecule is CCc1nc(-c2cnc(-c3ccccc3)nc2N(C)C)no1. The molecule has 0 N–H and O–H groups in total. The van der Waals surface area contributed by atoms with Crippen molar-refractivity contribution < 1.29 is 4.52 Å². The molecule has 0 unspecified atom stereocenters. The summed E-state index contributed by atoms with van der Waals surface area (Å²) in [4.78, 5) is 15.4. The van der Waals surface area contributed by atoms with Gasteiger partial charge in [-0.1, -0.05) is 42.4 Å². The molecule has 0 fully saturated rings. The summed E-state index contributed by atoms with van der Waals surface area (Å²) in [7, 11) is 3.86. The van der Waals surface area contributed by atoms with Gasteiger partial charge in [0.25, 0.3) is 0 Å². The lowest BCUT2D eigenvalue weighted by atomic mass is 10.2. The third kappa shape index (κ3) is 2.67. The summed E-state index contributed by atoms with van der Waals surface area (Å²) >= 11 is 0. The summed E-state index contributed by atoms with van der Waals surface area (Å²) in [5.41, 5.74) is 1.73. The second kappa shape index (κ2) is 5.93. The van der Waals surface area contributed by atoms with Crippen molar-refractivity contribution in [2.45, 2.75) is 13.3 Å². The van der Waals surface area contributed by atoms with Gasteiger partial charge in [0.1, 0.15) is 5.82 Å². The van der Waals surface area contributed by atoms with Crippen molar-refractivity contribution in [1.82, 2.24) is 20.1 Å². The van der Waals surface area contributed by atoms with Gasteiger partial charge in [-0.3, -0.25) is 0 Å². The highest BCUT2D eigenvalue weighted by Gasteiger charge is 2.16. The van der Waals surface area contributed by atoms with E-state index in [4.69, 9.17) is 4.52 Å². The summed E-state index contributed by atoms with van der Waals surface area (Å²) < 4.78 is 5.18. The number of nitrogens with zero attached hydrogens (tertiary/aromatic N) is 5. The van der Waals surface area contributed by atoms with Crippen molar-refractivity contribution in [2.24, 2.45) is 0 Å². The van der Waals surface area contributed by atoms with E-state index in [1.807, 2.05) is 56.3 Å². The van der Waals surface area contributed by atoms with Gasteiger partial charge >= 0.3 is 0 Å². The van der Waals surface area contributed by atoms with Crippen molar-refractivity contribution in [3.63, 3.8) is 0 Å². The molecule has 6 nitrogen and oxygen atoms in total. The Labute approximate surface area is 128 Å². The summed E-state index contributed by atoms with van der Waals surface area (Å²) in [6.45, 7) is 1.97. The molecule has 3 aromatic rings. The lowest BCUT2D eigenvalue weighted by molar-refractivity contribution is 0.383. The highest BCUT2D eigenvalue weighted by molar-refractivity contribution is 5.72. The van der Waals surface area contributed by atoms with Crippen molar-refractivity contribution >= 4 is 5.82 Å². The van der Waals surface area contributed by atoms with E-state index in [1.54, 1.807) is 6.20 Å². The minimum atomic E-state index is 0.514. The monoisotopic (exact) mass is 295 g/mol. The highest BCUT2D eigenvalue weighted by Crippen LogP contribution is 2.27. The first-order valence-electron chi connectivity index (χ1n) is 7.11. The molecular formula is C16H17N5O. The lowest BCUT2D eigenvalue weighted by Gasteiger charge is -2.15. The van der Waals surface area contributed by atoms with E-state index in [0.717, 1.165) is 16.9 Å². The van der Waals surface area contributed by atoms with Crippen molar-refractivity contribution in [1.29, 1.82) is 0 Å². The smallest absolute Gasteiger partial charge is 0.226 e. The molecule has 2 heterocycles. The maximum Gasteiger partial charge on any atom is 0.226 e. The van der Waals surface area contributed by atoms with E-state index in [2.05, 4.69) is 20.1 Å². The van der Waals surface area contributed by atoms with Crippen LogP contribution in [0, 0.1) is 0 Å². The van der Waals surface area contributed by atoms with E-state index in [-0.39, 0.29) is 0 Å². The standard InChI is InChI=1S/C16H17N5O/c1-4-13-18-15(20-22-13)12-10-17-14(19-16(12)21(2)3)11-8-6-5-7-9-11/h5-10H,4H2,1-3H3. The van der Waals surface area contributed by atoms with E-state index in [0.29, 0.717) is 24.0 Å². The zero-order chi connectivity index (χ0) is 15.5. The Balaban J connectivity index is 2.08. The first kappa shape index (κ1) is 14.2. The molecule has 0 aliphatic carbocycles. The zero-order valence-corrected chi connectivity index (χ0v) is 12.8. The van der Waals surface area contributed by atoms with E-state index in [9.17, 15) is 0 Å². The molecule has 0 amide bonds. The maximum atomic E-state index is 5.18. The number of aromatic nitrogens is 4. The fourth-order valence-corrected chi connectivity index (χ4v) is 2.11. The first-order valence-corrected chi connectivity index (χ1v) is 7.11. The molecule has 0 aliphatic rings. The third-order valence-corrected chi connectivity index (χ3v) is 3.24. The second-order valence-electron chi connectivity index (χ2n) is 5.06. The quantitative estimate of drug-likeness (QED) is 0.737. The van der Waals surface area contributed by atoms with Gasteiger partial charge in [-0.05, 0) is 0 Å². The third-order valence-electron chi connectivity index (χ3n) is 3.24. The van der Waals surface area contributed by atoms with Crippen LogP contribution in [0.1, 0.15) is 12.8 Å². The number of hydrogen-bond acceptors (Lipinski definition) is 6. The zero-order valence-electron chi connectivity index (χ0n) is 12.8. The van der Waals surface area contributed by atoms with Crippen LogP contribution in [-0.2, 0) is 6.42 Å². The molecule has 0 bridgehead atoms. The van der Waals surface area contributed by atoms with Crippen molar-refractivity contribution in [2.75, 3.05) is 19.0 Å². The van der Waals surface area contributed by atoms with Crippen LogP contribution >= 0.6 is 0 Å². The summed E-state index contributed by atoms with van der Waals surface area (Å²) in [6, 6.07) is 9.87. The predicted molar refractivity (Wildman–Crippen MR) is 84.5 cm³/mol. The average molecular weight is 295 g/mol. The summed E-state index contributed by atoms with van der Waals surface area (Å²) in [5, 5.41) is 4.01. The van der Waals surface area contributed by atoms with Crippen LogP contribution in [0.3, 0.4) is 0 Å². The second-order valence-corrected chi connectivity index (χ2v) is 5.06. The van der Waals surface area contributed by atoms with Gasteiger partial charge in [0.05, 0.1) is 5.56 Å². The normalized spacial score (nSPS) is 10.7. The van der Waals surface area contributed by atoms with Crippen LogP contribution in [0.15, 0.2) is 41.1 Å². The van der Waals surface area contributed by atoms with Crippen molar-refractivity contribution in [3.8, 4) is 22.8 Å². The van der Waals surface area contributed by atoms with Crippen LogP contribution in [0.5, 0.6) is 0 Å². The largest absolute Gasteiger partial charge is 0.362 e. The van der Waals surface area contributed by atoms with E-state index in [1.165, 1.54) is 0 Å². The molecule has 112 valence electrons. The Morgan fingerprint density at radius 2 is 1.82 bits per heavy atom. The van der Waals surface area contributed by atoms with E-state index < -0.39 is 0 Å². The first-order chi connectivity index (χ1) is 10.7. The van der Waals surface area contributed by atoms with Crippen LogP contribution in [-0.4, -0.2) is 34.2 Å². The Morgan fingerprint density at radius 1 is 1.05 bits per heavy atom. The van der Waals surface area contributed by atoms with Gasteiger partial charge in [-0.25, -0.2) is 9.97 Å². The molecule has 0 spiro atoms. The van der Waals surface area contributed by atoms with Gasteiger partial charge in [0, 0.05) is 32.3 Å². The maximum absolute atomic E-state index is 5.18. The number of aryl methyl sites for hydroxylation is 1. The minimum absolute atomic E-state index is 0.514. The lowest BCUT2D eigenvalue weighted by Crippen LogP contribution is -2.13. The topological polar surface area (TPSA) is 67.9 Å². The molecule has 0 aliphatic heterocycles. The molecule has 3 rings (SSSR count). The molecule has 6 heteroatoms. The van der Waals surface area contributed by atoms with Crippen molar-refractivity contribution in [3.05, 3.63) is 42.4 Å². The minimum Gasteiger partial charge on any atom is -0.362 e. The molecule has 22 heavy (non-hydrogen) atoms. The Bertz CT molecular complexity index is 767. The molecule has 1 aromatic carbocycles. The number of anilines is 1. The Morgan fingerprint density at radius 3 is 2.45 bits per heavy atom. The molecular weight excluding hydrogens is 278 g/mol. The van der Waals surface area contributed by atoms with Gasteiger partial charge in [0.15, 0.2) is 5.82 Å². The fourth-order valence-electron chi connectivity index (χ4n) is 2.11. The van der Waals surface area contributed by atoms with Crippen LogP contribution < -0.4 is 4.90 Å². The van der Waals surface area contributed by atoms with Crippen LogP contribution in [0.4, 0.5) is 5.82 Å². The number of benzene rings is 1. The Hall–Kier alpha value is -2.76. The highest BCUT2D eigenvalue weighted by atomic mass is 16.5. The molecule has 0 saturated heterocycles. The average Bonchev–Trinajstić information content (AvgIpc) is 3.04. The molecule has 2 aromatic heterocycles. The van der Waals surface area contributed by atoms with Gasteiger partial charge in [0.2, 0.25) is 11.7 Å². The Kier molecular flexibility index (Phi) is 3.82. The molecule has 0 saturated carbocycles. The predicted octanol–water partition coefficient (Wildman–Crippen LogP) is 2.82. The molecule has 0 radical (unpaired) electrons. The van der Waals surface area contributed by atoms with Crippen LogP contribution in [0.2, 0.25) is 0 Å². The van der Waals surface area contributed by atoms with E-state index >= 15 is 0 Å². The summed E-state index contributed by atoms with van der Waals surface area (Å²) in [6.07, 6.45) is 2.45. The number of rotatable bonds is 4. The molecule has 0 atom stereocenters. The fraction of sp³-hybridized carbons (Fsp3) is 0.250. The summed E-state index contributed by atoms with van der Waals surface area (Å²) in [5.74, 6) is 2.55. The number of hydrogen-bond donors (Lipinski definition) is 0. The van der Waals surface area contributed by atoms with Gasteiger partial charge in [-0.2, -0.15) is 4.98 Å².